The van der Waals surface area contributed by atoms with Crippen LogP contribution in [0.4, 0.5) is 0 Å². The van der Waals surface area contributed by atoms with E-state index in [0.29, 0.717) is 19.4 Å². The molecule has 4 amide bonds. The molecule has 27 heavy (non-hydrogen) atoms. The van der Waals surface area contributed by atoms with E-state index in [9.17, 15) is 24.0 Å². The standard InChI is InChI=1S/C16H27N5O6/c1-9(2)14(16(26)27)20-12(23)8-18-11(22)7-19-15(25)10-4-3-5-21(10)13(24)6-17/h9-10,14H,3-8,17H2,1-2H3,(H,18,22)(H,19,25)(H,20,23)(H,26,27)/t10-,14-/m0/s1. The van der Waals surface area contributed by atoms with Gasteiger partial charge in [-0.2, -0.15) is 0 Å². The van der Waals surface area contributed by atoms with Crippen LogP contribution in [0.1, 0.15) is 26.7 Å². The van der Waals surface area contributed by atoms with Gasteiger partial charge in [-0.25, -0.2) is 4.79 Å². The Morgan fingerprint density at radius 2 is 1.74 bits per heavy atom. The first-order chi connectivity index (χ1) is 12.7. The number of carbonyl (C=O) groups is 5. The van der Waals surface area contributed by atoms with E-state index in [4.69, 9.17) is 10.8 Å². The fourth-order valence-electron chi connectivity index (χ4n) is 2.72. The summed E-state index contributed by atoms with van der Waals surface area (Å²) in [4.78, 5) is 59.7. The summed E-state index contributed by atoms with van der Waals surface area (Å²) in [5.41, 5.74) is 5.31. The lowest BCUT2D eigenvalue weighted by Gasteiger charge is -2.23. The van der Waals surface area contributed by atoms with E-state index >= 15 is 0 Å². The SMILES string of the molecule is CC(C)[C@H](NC(=O)CNC(=O)CNC(=O)[C@@H]1CCCN1C(=O)CN)C(=O)O. The molecule has 1 saturated heterocycles. The molecule has 11 nitrogen and oxygen atoms in total. The van der Waals surface area contributed by atoms with Crippen molar-refractivity contribution in [3.05, 3.63) is 0 Å². The van der Waals surface area contributed by atoms with E-state index in [1.54, 1.807) is 13.8 Å². The highest BCUT2D eigenvalue weighted by atomic mass is 16.4. The first-order valence-corrected chi connectivity index (χ1v) is 8.73. The van der Waals surface area contributed by atoms with Crippen molar-refractivity contribution in [2.75, 3.05) is 26.2 Å². The minimum atomic E-state index is -1.16. The number of carbonyl (C=O) groups excluding carboxylic acids is 4. The van der Waals surface area contributed by atoms with Crippen LogP contribution in [0.5, 0.6) is 0 Å². The molecule has 0 aliphatic carbocycles. The highest BCUT2D eigenvalue weighted by Crippen LogP contribution is 2.17. The van der Waals surface area contributed by atoms with Gasteiger partial charge in [0.15, 0.2) is 0 Å². The number of aliphatic carboxylic acids is 1. The molecule has 1 fully saturated rings. The molecule has 2 atom stereocenters. The quantitative estimate of drug-likeness (QED) is 0.289. The molecular formula is C16H27N5O6. The molecule has 0 radical (unpaired) electrons. The molecular weight excluding hydrogens is 358 g/mol. The topological polar surface area (TPSA) is 171 Å². The lowest BCUT2D eigenvalue weighted by atomic mass is 10.1. The van der Waals surface area contributed by atoms with Crippen molar-refractivity contribution in [3.63, 3.8) is 0 Å². The van der Waals surface area contributed by atoms with Gasteiger partial charge in [0.25, 0.3) is 0 Å². The summed E-state index contributed by atoms with van der Waals surface area (Å²) in [6.45, 7) is 2.78. The maximum absolute atomic E-state index is 12.1. The fraction of sp³-hybridized carbons (Fsp3) is 0.688. The van der Waals surface area contributed by atoms with Gasteiger partial charge in [-0.05, 0) is 18.8 Å². The van der Waals surface area contributed by atoms with Gasteiger partial charge in [0.2, 0.25) is 23.6 Å². The first-order valence-electron chi connectivity index (χ1n) is 8.73. The Kier molecular flexibility index (Phi) is 8.66. The number of hydrogen-bond donors (Lipinski definition) is 5. The van der Waals surface area contributed by atoms with Crippen LogP contribution in [0.15, 0.2) is 0 Å². The molecule has 0 spiro atoms. The summed E-state index contributed by atoms with van der Waals surface area (Å²) in [5.74, 6) is -3.51. The predicted octanol–water partition coefficient (Wildman–Crippen LogP) is -2.61. The maximum Gasteiger partial charge on any atom is 0.326 e. The third-order valence-electron chi connectivity index (χ3n) is 4.17. The van der Waals surface area contributed by atoms with Gasteiger partial charge in [0.05, 0.1) is 19.6 Å². The maximum atomic E-state index is 12.1. The zero-order chi connectivity index (χ0) is 20.6. The van der Waals surface area contributed by atoms with Gasteiger partial charge in [-0.15, -0.1) is 0 Å². The van der Waals surface area contributed by atoms with Crippen LogP contribution < -0.4 is 21.7 Å². The summed E-state index contributed by atoms with van der Waals surface area (Å²) >= 11 is 0. The number of carboxylic acids is 1. The zero-order valence-corrected chi connectivity index (χ0v) is 15.5. The van der Waals surface area contributed by atoms with Gasteiger partial charge in [0.1, 0.15) is 12.1 Å². The van der Waals surface area contributed by atoms with Crippen LogP contribution in [-0.4, -0.2) is 77.9 Å². The lowest BCUT2D eigenvalue weighted by Crippen LogP contribution is -2.51. The van der Waals surface area contributed by atoms with Gasteiger partial charge in [-0.1, -0.05) is 13.8 Å². The Morgan fingerprint density at radius 3 is 2.30 bits per heavy atom. The predicted molar refractivity (Wildman–Crippen MR) is 94.2 cm³/mol. The smallest absolute Gasteiger partial charge is 0.326 e. The Morgan fingerprint density at radius 1 is 1.11 bits per heavy atom. The molecule has 0 bridgehead atoms. The molecule has 1 aliphatic rings. The number of nitrogens with two attached hydrogens (primary N) is 1. The average molecular weight is 385 g/mol. The van der Waals surface area contributed by atoms with Crippen LogP contribution in [0.25, 0.3) is 0 Å². The molecule has 152 valence electrons. The largest absolute Gasteiger partial charge is 0.480 e. The molecule has 1 heterocycles. The minimum absolute atomic E-state index is 0.187. The van der Waals surface area contributed by atoms with E-state index in [1.165, 1.54) is 4.90 Å². The van der Waals surface area contributed by atoms with Crippen LogP contribution in [0.2, 0.25) is 0 Å². The summed E-state index contributed by atoms with van der Waals surface area (Å²) in [6.07, 6.45) is 1.17. The molecule has 1 rings (SSSR count). The Balaban J connectivity index is 2.38. The Hall–Kier alpha value is -2.69. The monoisotopic (exact) mass is 385 g/mol. The molecule has 6 N–H and O–H groups in total. The normalized spacial score (nSPS) is 17.3. The second-order valence-electron chi connectivity index (χ2n) is 6.57. The van der Waals surface area contributed by atoms with Crippen LogP contribution in [-0.2, 0) is 24.0 Å². The van der Waals surface area contributed by atoms with Crippen molar-refractivity contribution in [2.45, 2.75) is 38.8 Å². The number of likely N-dealkylation sites (tertiary alicyclic amines) is 1. The van der Waals surface area contributed by atoms with Gasteiger partial charge in [-0.3, -0.25) is 19.2 Å². The van der Waals surface area contributed by atoms with Crippen molar-refractivity contribution >= 4 is 29.6 Å². The second-order valence-corrected chi connectivity index (χ2v) is 6.57. The van der Waals surface area contributed by atoms with Crippen LogP contribution in [0, 0.1) is 5.92 Å². The number of nitrogens with zero attached hydrogens (tertiary/aromatic N) is 1. The minimum Gasteiger partial charge on any atom is -0.480 e. The van der Waals surface area contributed by atoms with E-state index in [0.717, 1.165) is 0 Å². The van der Waals surface area contributed by atoms with Crippen molar-refractivity contribution < 1.29 is 29.1 Å². The molecule has 0 aromatic rings. The van der Waals surface area contributed by atoms with Crippen molar-refractivity contribution in [2.24, 2.45) is 11.7 Å². The number of hydrogen-bond acceptors (Lipinski definition) is 6. The lowest BCUT2D eigenvalue weighted by molar-refractivity contribution is -0.143. The highest BCUT2D eigenvalue weighted by molar-refractivity contribution is 5.92. The van der Waals surface area contributed by atoms with Crippen LogP contribution in [0.3, 0.4) is 0 Å². The first kappa shape index (κ1) is 22.4. The van der Waals surface area contributed by atoms with Crippen LogP contribution >= 0.6 is 0 Å². The Bertz CT molecular complexity index is 594. The molecule has 0 unspecified atom stereocenters. The van der Waals surface area contributed by atoms with Gasteiger partial charge < -0.3 is 31.7 Å². The summed E-state index contributed by atoms with van der Waals surface area (Å²) in [7, 11) is 0. The van der Waals surface area contributed by atoms with E-state index < -0.39 is 42.3 Å². The molecule has 0 aromatic heterocycles. The van der Waals surface area contributed by atoms with E-state index in [-0.39, 0.29) is 24.9 Å². The van der Waals surface area contributed by atoms with Crippen molar-refractivity contribution in [3.8, 4) is 0 Å². The number of amides is 4. The molecule has 0 saturated carbocycles. The molecule has 0 aromatic carbocycles. The van der Waals surface area contributed by atoms with Crippen molar-refractivity contribution in [1.29, 1.82) is 0 Å². The summed E-state index contributed by atoms with van der Waals surface area (Å²) in [5, 5.41) is 16.0. The van der Waals surface area contributed by atoms with Crippen molar-refractivity contribution in [1.82, 2.24) is 20.9 Å². The summed E-state index contributed by atoms with van der Waals surface area (Å²) in [6, 6.07) is -1.71. The zero-order valence-electron chi connectivity index (χ0n) is 15.5. The summed E-state index contributed by atoms with van der Waals surface area (Å²) < 4.78 is 0. The average Bonchev–Trinajstić information content (AvgIpc) is 3.10. The number of nitrogens with one attached hydrogen (secondary N) is 3. The number of carboxylic acid groups (broad SMARTS) is 1. The van der Waals surface area contributed by atoms with E-state index in [2.05, 4.69) is 16.0 Å². The fourth-order valence-corrected chi connectivity index (χ4v) is 2.72. The molecule has 11 heteroatoms. The second kappa shape index (κ2) is 10.5. The number of rotatable bonds is 9. The highest BCUT2D eigenvalue weighted by Gasteiger charge is 2.33. The Labute approximate surface area is 157 Å². The van der Waals surface area contributed by atoms with E-state index in [1.807, 2.05) is 0 Å². The van der Waals surface area contributed by atoms with Gasteiger partial charge in [0, 0.05) is 6.54 Å². The third kappa shape index (κ3) is 6.85. The van der Waals surface area contributed by atoms with Gasteiger partial charge >= 0.3 is 5.97 Å². The molecule has 1 aliphatic heterocycles. The third-order valence-corrected chi connectivity index (χ3v) is 4.17.